The van der Waals surface area contributed by atoms with Crippen LogP contribution in [-0.4, -0.2) is 60.4 Å². The minimum atomic E-state index is -0.0193. The first kappa shape index (κ1) is 17.9. The van der Waals surface area contributed by atoms with Gasteiger partial charge in [-0.15, -0.1) is 0 Å². The Labute approximate surface area is 150 Å². The van der Waals surface area contributed by atoms with Crippen LogP contribution in [0.4, 0.5) is 0 Å². The summed E-state index contributed by atoms with van der Waals surface area (Å²) in [7, 11) is 0. The van der Waals surface area contributed by atoms with E-state index < -0.39 is 0 Å². The van der Waals surface area contributed by atoms with Crippen molar-refractivity contribution >= 4 is 11.8 Å². The summed E-state index contributed by atoms with van der Waals surface area (Å²) in [6, 6.07) is 10.2. The SMILES string of the molecule is C[C@H](CC(=O)N1CCN(C(=O)[C@H]2CCCCN2)CC1)c1ccccc1. The molecule has 1 aromatic carbocycles. The van der Waals surface area contributed by atoms with E-state index >= 15 is 0 Å². The van der Waals surface area contributed by atoms with Crippen molar-refractivity contribution in [1.82, 2.24) is 15.1 Å². The number of amides is 2. The van der Waals surface area contributed by atoms with Crippen molar-refractivity contribution in [1.29, 1.82) is 0 Å². The number of benzene rings is 1. The summed E-state index contributed by atoms with van der Waals surface area (Å²) in [6.45, 7) is 5.65. The van der Waals surface area contributed by atoms with Crippen LogP contribution in [-0.2, 0) is 9.59 Å². The van der Waals surface area contributed by atoms with E-state index in [1.165, 1.54) is 5.56 Å². The molecule has 1 aromatic rings. The summed E-state index contributed by atoms with van der Waals surface area (Å²) in [5.41, 5.74) is 1.20. The van der Waals surface area contributed by atoms with E-state index in [4.69, 9.17) is 0 Å². The number of carbonyl (C=O) groups excluding carboxylic acids is 2. The number of rotatable bonds is 4. The molecule has 0 bridgehead atoms. The number of nitrogens with zero attached hydrogens (tertiary/aromatic N) is 2. The minimum Gasteiger partial charge on any atom is -0.339 e. The average Bonchev–Trinajstić information content (AvgIpc) is 2.69. The molecule has 2 aliphatic rings. The Morgan fingerprint density at radius 2 is 1.76 bits per heavy atom. The predicted molar refractivity (Wildman–Crippen MR) is 98.3 cm³/mol. The lowest BCUT2D eigenvalue weighted by Gasteiger charge is -2.37. The lowest BCUT2D eigenvalue weighted by Crippen LogP contribution is -2.55. The number of piperidine rings is 1. The third kappa shape index (κ3) is 4.60. The van der Waals surface area contributed by atoms with Crippen molar-refractivity contribution in [2.24, 2.45) is 0 Å². The number of piperazine rings is 1. The molecule has 0 radical (unpaired) electrons. The normalized spacial score (nSPS) is 22.5. The van der Waals surface area contributed by atoms with Crippen molar-refractivity contribution in [3.8, 4) is 0 Å². The highest BCUT2D eigenvalue weighted by molar-refractivity contribution is 5.82. The van der Waals surface area contributed by atoms with Crippen LogP contribution >= 0.6 is 0 Å². The summed E-state index contributed by atoms with van der Waals surface area (Å²) in [4.78, 5) is 29.0. The Hall–Kier alpha value is -1.88. The van der Waals surface area contributed by atoms with Crippen molar-refractivity contribution < 1.29 is 9.59 Å². The fraction of sp³-hybridized carbons (Fsp3) is 0.600. The van der Waals surface area contributed by atoms with Gasteiger partial charge >= 0.3 is 0 Å². The maximum absolute atomic E-state index is 12.6. The van der Waals surface area contributed by atoms with Crippen LogP contribution in [0.15, 0.2) is 30.3 Å². The summed E-state index contributed by atoms with van der Waals surface area (Å²) < 4.78 is 0. The smallest absolute Gasteiger partial charge is 0.239 e. The fourth-order valence-corrected chi connectivity index (χ4v) is 3.75. The zero-order valence-corrected chi connectivity index (χ0v) is 15.1. The molecule has 5 nitrogen and oxygen atoms in total. The predicted octanol–water partition coefficient (Wildman–Crippen LogP) is 1.99. The van der Waals surface area contributed by atoms with E-state index in [1.807, 2.05) is 28.0 Å². The second kappa shape index (κ2) is 8.48. The molecule has 136 valence electrons. The van der Waals surface area contributed by atoms with Gasteiger partial charge in [0.1, 0.15) is 0 Å². The van der Waals surface area contributed by atoms with Crippen LogP contribution in [0.25, 0.3) is 0 Å². The Kier molecular flexibility index (Phi) is 6.08. The van der Waals surface area contributed by atoms with E-state index in [0.717, 1.165) is 25.8 Å². The molecule has 2 amide bonds. The molecular formula is C20H29N3O2. The van der Waals surface area contributed by atoms with Crippen molar-refractivity contribution in [2.75, 3.05) is 32.7 Å². The molecule has 0 unspecified atom stereocenters. The lowest BCUT2D eigenvalue weighted by atomic mass is 9.97. The lowest BCUT2D eigenvalue weighted by molar-refractivity contribution is -0.141. The second-order valence-electron chi connectivity index (χ2n) is 7.22. The zero-order chi connectivity index (χ0) is 17.6. The number of hydrogen-bond donors (Lipinski definition) is 1. The van der Waals surface area contributed by atoms with Crippen LogP contribution in [0.2, 0.25) is 0 Å². The van der Waals surface area contributed by atoms with E-state index in [1.54, 1.807) is 0 Å². The maximum atomic E-state index is 12.6. The molecular weight excluding hydrogens is 314 g/mol. The van der Waals surface area contributed by atoms with E-state index in [0.29, 0.717) is 32.6 Å². The topological polar surface area (TPSA) is 52.7 Å². The Bertz CT molecular complexity index is 576. The Morgan fingerprint density at radius 3 is 2.40 bits per heavy atom. The zero-order valence-electron chi connectivity index (χ0n) is 15.1. The summed E-state index contributed by atoms with van der Waals surface area (Å²) in [5.74, 6) is 0.628. The van der Waals surface area contributed by atoms with Gasteiger partial charge in [-0.3, -0.25) is 9.59 Å². The van der Waals surface area contributed by atoms with E-state index in [-0.39, 0.29) is 23.8 Å². The quantitative estimate of drug-likeness (QED) is 0.910. The third-order valence-electron chi connectivity index (χ3n) is 5.40. The van der Waals surface area contributed by atoms with Crippen LogP contribution in [0.3, 0.4) is 0 Å². The Morgan fingerprint density at radius 1 is 1.08 bits per heavy atom. The maximum Gasteiger partial charge on any atom is 0.239 e. The van der Waals surface area contributed by atoms with Crippen LogP contribution < -0.4 is 5.32 Å². The fourth-order valence-electron chi connectivity index (χ4n) is 3.75. The van der Waals surface area contributed by atoms with E-state index in [9.17, 15) is 9.59 Å². The monoisotopic (exact) mass is 343 g/mol. The van der Waals surface area contributed by atoms with Gasteiger partial charge in [0.25, 0.3) is 0 Å². The first-order chi connectivity index (χ1) is 12.1. The standard InChI is InChI=1S/C20H29N3O2/c1-16(17-7-3-2-4-8-17)15-19(24)22-11-13-23(14-12-22)20(25)18-9-5-6-10-21-18/h2-4,7-8,16,18,21H,5-6,9-15H2,1H3/t16-,18-/m1/s1. The molecule has 0 saturated carbocycles. The molecule has 2 atom stereocenters. The Balaban J connectivity index is 1.46. The minimum absolute atomic E-state index is 0.0193. The van der Waals surface area contributed by atoms with Gasteiger partial charge in [0.05, 0.1) is 6.04 Å². The molecule has 3 rings (SSSR count). The van der Waals surface area contributed by atoms with Crippen molar-refractivity contribution in [3.63, 3.8) is 0 Å². The van der Waals surface area contributed by atoms with E-state index in [2.05, 4.69) is 24.4 Å². The van der Waals surface area contributed by atoms with Gasteiger partial charge in [-0.25, -0.2) is 0 Å². The van der Waals surface area contributed by atoms with Gasteiger partial charge in [-0.1, -0.05) is 43.7 Å². The molecule has 2 saturated heterocycles. The van der Waals surface area contributed by atoms with Crippen LogP contribution in [0.5, 0.6) is 0 Å². The highest BCUT2D eigenvalue weighted by Crippen LogP contribution is 2.20. The molecule has 0 aromatic heterocycles. The summed E-state index contributed by atoms with van der Waals surface area (Å²) in [6.07, 6.45) is 3.75. The average molecular weight is 343 g/mol. The molecule has 0 aliphatic carbocycles. The van der Waals surface area contributed by atoms with Crippen molar-refractivity contribution in [3.05, 3.63) is 35.9 Å². The molecule has 2 aliphatic heterocycles. The molecule has 1 N–H and O–H groups in total. The van der Waals surface area contributed by atoms with Gasteiger partial charge in [-0.05, 0) is 30.9 Å². The largest absolute Gasteiger partial charge is 0.339 e. The first-order valence-corrected chi connectivity index (χ1v) is 9.50. The first-order valence-electron chi connectivity index (χ1n) is 9.50. The molecule has 2 fully saturated rings. The molecule has 0 spiro atoms. The highest BCUT2D eigenvalue weighted by Gasteiger charge is 2.29. The van der Waals surface area contributed by atoms with Crippen molar-refractivity contribution in [2.45, 2.75) is 44.6 Å². The second-order valence-corrected chi connectivity index (χ2v) is 7.22. The molecule has 25 heavy (non-hydrogen) atoms. The molecule has 2 heterocycles. The number of nitrogens with one attached hydrogen (secondary N) is 1. The van der Waals surface area contributed by atoms with Gasteiger partial charge in [-0.2, -0.15) is 0 Å². The van der Waals surface area contributed by atoms with Gasteiger partial charge in [0, 0.05) is 32.6 Å². The number of carbonyl (C=O) groups is 2. The molecule has 5 heteroatoms. The van der Waals surface area contributed by atoms with Crippen LogP contribution in [0.1, 0.15) is 44.1 Å². The third-order valence-corrected chi connectivity index (χ3v) is 5.40. The number of hydrogen-bond acceptors (Lipinski definition) is 3. The summed E-state index contributed by atoms with van der Waals surface area (Å²) >= 11 is 0. The van der Waals surface area contributed by atoms with Gasteiger partial charge in [0.15, 0.2) is 0 Å². The van der Waals surface area contributed by atoms with Gasteiger partial charge < -0.3 is 15.1 Å². The highest BCUT2D eigenvalue weighted by atomic mass is 16.2. The summed E-state index contributed by atoms with van der Waals surface area (Å²) in [5, 5.41) is 3.32. The van der Waals surface area contributed by atoms with Gasteiger partial charge in [0.2, 0.25) is 11.8 Å². The van der Waals surface area contributed by atoms with Crippen LogP contribution in [0, 0.1) is 0 Å².